The van der Waals surface area contributed by atoms with Gasteiger partial charge in [-0.3, -0.25) is 0 Å². The van der Waals surface area contributed by atoms with Gasteiger partial charge in [0, 0.05) is 0 Å². The van der Waals surface area contributed by atoms with Gasteiger partial charge in [0.05, 0.1) is 5.75 Å². The van der Waals surface area contributed by atoms with Gasteiger partial charge in [-0.15, -0.1) is 0 Å². The first-order valence-electron chi connectivity index (χ1n) is 1.89. The topological polar surface area (TPSA) is 34.1 Å². The molecule has 0 aromatic rings. The summed E-state index contributed by atoms with van der Waals surface area (Å²) in [7, 11) is -2.51. The third kappa shape index (κ3) is 5.88. The first kappa shape index (κ1) is 6.88. The van der Waals surface area contributed by atoms with E-state index >= 15 is 0 Å². The van der Waals surface area contributed by atoms with Crippen molar-refractivity contribution in [2.24, 2.45) is 0 Å². The molecule has 0 aliphatic carbocycles. The number of thiol groups is 1. The lowest BCUT2D eigenvalue weighted by molar-refractivity contribution is 0.393. The lowest BCUT2D eigenvalue weighted by Gasteiger charge is -1.86. The maximum atomic E-state index is 11.6. The molecule has 7 heavy (non-hydrogen) atoms. The molecule has 0 aromatic carbocycles. The molecular weight excluding hydrogens is 119 g/mol. The summed E-state index contributed by atoms with van der Waals surface area (Å²) in [5.74, 6) is -0.352. The molecule has 2 nitrogen and oxygen atoms in total. The highest BCUT2D eigenvalue weighted by molar-refractivity contribution is 7.72. The Kier molecular flexibility index (Phi) is 2.91. The van der Waals surface area contributed by atoms with Crippen LogP contribution in [0.3, 0.4) is 0 Å². The van der Waals surface area contributed by atoms with Crippen LogP contribution in [0.4, 0.5) is 4.39 Å². The molecule has 1 atom stereocenters. The minimum atomic E-state index is -2.51. The number of alkyl halides is 1. The molecule has 0 saturated heterocycles. The Morgan fingerprint density at radius 2 is 2.14 bits per heavy atom. The molecule has 0 aliphatic heterocycles. The number of hydrogen-bond acceptors (Lipinski definition) is 2. The van der Waals surface area contributed by atoms with Crippen molar-refractivity contribution in [3.63, 3.8) is 0 Å². The molecule has 0 saturated carbocycles. The van der Waals surface area contributed by atoms with Crippen molar-refractivity contribution in [2.75, 3.05) is 5.75 Å². The average Bonchev–Trinajstić information content (AvgIpc) is 1.27. The lowest BCUT2D eigenvalue weighted by atomic mass is 10.5. The van der Waals surface area contributed by atoms with Gasteiger partial charge in [0.15, 0.2) is 0 Å². The standard InChI is InChI=1S/C3H7FO2S/c1-3(4)2-7(5)6/h3,7H,2H2,1H3. The fourth-order valence-corrected chi connectivity index (χ4v) is 0.616. The van der Waals surface area contributed by atoms with Crippen LogP contribution in [0.2, 0.25) is 0 Å². The Balaban J connectivity index is 3.32. The zero-order chi connectivity index (χ0) is 5.86. The quantitative estimate of drug-likeness (QED) is 0.526. The van der Waals surface area contributed by atoms with Crippen molar-refractivity contribution in [3.8, 4) is 0 Å². The molecule has 0 rings (SSSR count). The van der Waals surface area contributed by atoms with Gasteiger partial charge in [-0.2, -0.15) is 0 Å². The molecule has 0 amide bonds. The summed E-state index contributed by atoms with van der Waals surface area (Å²) in [6, 6.07) is 0. The van der Waals surface area contributed by atoms with E-state index in [1.807, 2.05) is 0 Å². The number of halogens is 1. The van der Waals surface area contributed by atoms with Crippen molar-refractivity contribution in [2.45, 2.75) is 13.1 Å². The minimum Gasteiger partial charge on any atom is -0.247 e. The summed E-state index contributed by atoms with van der Waals surface area (Å²) in [6.45, 7) is 1.21. The predicted molar refractivity (Wildman–Crippen MR) is 25.8 cm³/mol. The normalized spacial score (nSPS) is 14.7. The van der Waals surface area contributed by atoms with E-state index in [-0.39, 0.29) is 5.75 Å². The van der Waals surface area contributed by atoms with Crippen LogP contribution >= 0.6 is 0 Å². The summed E-state index contributed by atoms with van der Waals surface area (Å²) in [5.41, 5.74) is 0. The van der Waals surface area contributed by atoms with E-state index in [2.05, 4.69) is 0 Å². The van der Waals surface area contributed by atoms with Crippen molar-refractivity contribution in [1.29, 1.82) is 0 Å². The molecule has 4 heteroatoms. The van der Waals surface area contributed by atoms with Crippen LogP contribution in [0.5, 0.6) is 0 Å². The molecule has 0 bridgehead atoms. The van der Waals surface area contributed by atoms with E-state index in [1.54, 1.807) is 0 Å². The Morgan fingerprint density at radius 3 is 2.14 bits per heavy atom. The van der Waals surface area contributed by atoms with Gasteiger partial charge in [-0.25, -0.2) is 12.8 Å². The van der Waals surface area contributed by atoms with Gasteiger partial charge in [0.1, 0.15) is 16.9 Å². The van der Waals surface area contributed by atoms with Crippen molar-refractivity contribution in [3.05, 3.63) is 0 Å². The monoisotopic (exact) mass is 126 g/mol. The third-order valence-electron chi connectivity index (χ3n) is 0.401. The largest absolute Gasteiger partial charge is 0.247 e. The summed E-state index contributed by atoms with van der Waals surface area (Å²) < 4.78 is 30.8. The van der Waals surface area contributed by atoms with Gasteiger partial charge >= 0.3 is 0 Å². The first-order valence-corrected chi connectivity index (χ1v) is 3.25. The van der Waals surface area contributed by atoms with Crippen LogP contribution in [0.25, 0.3) is 0 Å². The molecule has 0 aliphatic rings. The molecule has 0 heterocycles. The van der Waals surface area contributed by atoms with Crippen LogP contribution in [0.1, 0.15) is 6.92 Å². The summed E-state index contributed by atoms with van der Waals surface area (Å²) >= 11 is 0. The molecule has 0 radical (unpaired) electrons. The molecule has 0 fully saturated rings. The van der Waals surface area contributed by atoms with Crippen LogP contribution in [-0.4, -0.2) is 20.3 Å². The Morgan fingerprint density at radius 1 is 1.71 bits per heavy atom. The Hall–Kier alpha value is -0.120. The lowest BCUT2D eigenvalue weighted by Crippen LogP contribution is -2.00. The summed E-state index contributed by atoms with van der Waals surface area (Å²) in [6.07, 6.45) is -1.22. The van der Waals surface area contributed by atoms with E-state index in [0.29, 0.717) is 0 Å². The van der Waals surface area contributed by atoms with Crippen molar-refractivity contribution in [1.82, 2.24) is 0 Å². The highest BCUT2D eigenvalue weighted by Crippen LogP contribution is 1.85. The molecule has 0 aromatic heterocycles. The maximum absolute atomic E-state index is 11.6. The second-order valence-corrected chi connectivity index (χ2v) is 2.33. The summed E-state index contributed by atoms with van der Waals surface area (Å²) in [5, 5.41) is 0. The van der Waals surface area contributed by atoms with Crippen LogP contribution in [0.15, 0.2) is 0 Å². The zero-order valence-corrected chi connectivity index (χ0v) is 4.82. The van der Waals surface area contributed by atoms with Gasteiger partial charge in [0.2, 0.25) is 0 Å². The zero-order valence-electron chi connectivity index (χ0n) is 3.93. The van der Waals surface area contributed by atoms with E-state index in [9.17, 15) is 12.8 Å². The fourth-order valence-electron chi connectivity index (χ4n) is 0.205. The fraction of sp³-hybridized carbons (Fsp3) is 1.00. The van der Waals surface area contributed by atoms with Gasteiger partial charge in [-0.1, -0.05) is 0 Å². The van der Waals surface area contributed by atoms with Gasteiger partial charge in [0.25, 0.3) is 0 Å². The smallest absolute Gasteiger partial charge is 0.142 e. The third-order valence-corrected chi connectivity index (χ3v) is 1.20. The van der Waals surface area contributed by atoms with Crippen LogP contribution in [0, 0.1) is 0 Å². The SMILES string of the molecule is CC(F)C[SH](=O)=O. The molecule has 44 valence electrons. The van der Waals surface area contributed by atoms with E-state index in [1.165, 1.54) is 6.92 Å². The van der Waals surface area contributed by atoms with Gasteiger partial charge in [-0.05, 0) is 6.92 Å². The molecule has 0 spiro atoms. The van der Waals surface area contributed by atoms with Crippen LogP contribution in [-0.2, 0) is 10.7 Å². The molecular formula is C3H7FO2S. The second-order valence-electron chi connectivity index (χ2n) is 1.30. The summed E-state index contributed by atoms with van der Waals surface area (Å²) in [4.78, 5) is 0. The Bertz CT molecular complexity index is 99.5. The van der Waals surface area contributed by atoms with E-state index < -0.39 is 16.9 Å². The molecule has 1 unspecified atom stereocenters. The number of hydrogen-bond donors (Lipinski definition) is 1. The Labute approximate surface area is 43.3 Å². The van der Waals surface area contributed by atoms with Crippen molar-refractivity contribution < 1.29 is 12.8 Å². The predicted octanol–water partition coefficient (Wildman–Crippen LogP) is -0.0442. The average molecular weight is 126 g/mol. The minimum absolute atomic E-state index is 0.352. The van der Waals surface area contributed by atoms with Crippen LogP contribution < -0.4 is 0 Å². The van der Waals surface area contributed by atoms with E-state index in [0.717, 1.165) is 0 Å². The highest BCUT2D eigenvalue weighted by Gasteiger charge is 1.95. The number of rotatable bonds is 2. The maximum Gasteiger partial charge on any atom is 0.142 e. The first-order chi connectivity index (χ1) is 3.13. The molecule has 0 N–H and O–H groups in total. The van der Waals surface area contributed by atoms with Gasteiger partial charge < -0.3 is 0 Å². The van der Waals surface area contributed by atoms with Crippen molar-refractivity contribution >= 4 is 10.7 Å². The van der Waals surface area contributed by atoms with E-state index in [4.69, 9.17) is 0 Å². The second kappa shape index (κ2) is 2.96. The highest BCUT2D eigenvalue weighted by atomic mass is 32.2.